The van der Waals surface area contributed by atoms with Gasteiger partial charge in [0.1, 0.15) is 0 Å². The number of hydrogen-bond donors (Lipinski definition) is 0. The summed E-state index contributed by atoms with van der Waals surface area (Å²) in [7, 11) is 0. The molecule has 0 atom stereocenters. The van der Waals surface area contributed by atoms with Crippen molar-refractivity contribution in [2.45, 2.75) is 38.5 Å². The van der Waals surface area contributed by atoms with Crippen molar-refractivity contribution in [1.29, 1.82) is 0 Å². The van der Waals surface area contributed by atoms with E-state index in [0.29, 0.717) is 0 Å². The highest BCUT2D eigenvalue weighted by atomic mass is 14.2. The van der Waals surface area contributed by atoms with Gasteiger partial charge in [0.2, 0.25) is 0 Å². The third-order valence-corrected chi connectivity index (χ3v) is 2.99. The lowest BCUT2D eigenvalue weighted by molar-refractivity contribution is 0.404. The van der Waals surface area contributed by atoms with E-state index < -0.39 is 0 Å². The third-order valence-electron chi connectivity index (χ3n) is 2.99. The van der Waals surface area contributed by atoms with Crippen LogP contribution >= 0.6 is 0 Å². The first-order chi connectivity index (χ1) is 5.97. The molecule has 65 valence electrons. The molecule has 0 aromatic rings. The molecule has 0 heteroatoms. The van der Waals surface area contributed by atoms with E-state index in [1.54, 1.807) is 5.57 Å². The third kappa shape index (κ3) is 1.80. The van der Waals surface area contributed by atoms with Crippen LogP contribution in [0.1, 0.15) is 38.5 Å². The van der Waals surface area contributed by atoms with Crippen molar-refractivity contribution in [3.63, 3.8) is 0 Å². The van der Waals surface area contributed by atoms with Gasteiger partial charge in [-0.25, -0.2) is 0 Å². The molecular formula is C12H17. The summed E-state index contributed by atoms with van der Waals surface area (Å²) in [6.45, 7) is 0. The molecule has 0 aromatic carbocycles. The minimum Gasteiger partial charge on any atom is -0.0839 e. The molecule has 0 spiro atoms. The Balaban J connectivity index is 1.97. The van der Waals surface area contributed by atoms with E-state index in [1.807, 2.05) is 0 Å². The number of rotatable bonds is 1. The van der Waals surface area contributed by atoms with Gasteiger partial charge in [-0.05, 0) is 31.6 Å². The second kappa shape index (κ2) is 3.93. The van der Waals surface area contributed by atoms with E-state index in [0.717, 1.165) is 12.3 Å². The Morgan fingerprint density at radius 2 is 1.92 bits per heavy atom. The Morgan fingerprint density at radius 3 is 2.58 bits per heavy atom. The fourth-order valence-electron chi connectivity index (χ4n) is 2.27. The second-order valence-electron chi connectivity index (χ2n) is 3.87. The zero-order valence-corrected chi connectivity index (χ0v) is 7.63. The van der Waals surface area contributed by atoms with Gasteiger partial charge in [-0.3, -0.25) is 0 Å². The van der Waals surface area contributed by atoms with Crippen LogP contribution in [-0.2, 0) is 0 Å². The predicted molar refractivity (Wildman–Crippen MR) is 52.7 cm³/mol. The molecule has 2 aliphatic rings. The number of allylic oxidation sites excluding steroid dienone is 4. The van der Waals surface area contributed by atoms with E-state index in [9.17, 15) is 0 Å². The number of hydrogen-bond acceptors (Lipinski definition) is 0. The van der Waals surface area contributed by atoms with Gasteiger partial charge in [0.25, 0.3) is 0 Å². The molecule has 2 rings (SSSR count). The lowest BCUT2D eigenvalue weighted by atomic mass is 9.81. The summed E-state index contributed by atoms with van der Waals surface area (Å²) in [6.07, 6.45) is 17.5. The van der Waals surface area contributed by atoms with E-state index in [1.165, 1.54) is 32.1 Å². The highest BCUT2D eigenvalue weighted by Crippen LogP contribution is 2.32. The highest BCUT2D eigenvalue weighted by molar-refractivity contribution is 5.28. The van der Waals surface area contributed by atoms with Gasteiger partial charge in [0.05, 0.1) is 0 Å². The van der Waals surface area contributed by atoms with Crippen molar-refractivity contribution in [1.82, 2.24) is 0 Å². The molecular weight excluding hydrogens is 144 g/mol. The summed E-state index contributed by atoms with van der Waals surface area (Å²) in [4.78, 5) is 0. The molecule has 1 radical (unpaired) electrons. The first-order valence-corrected chi connectivity index (χ1v) is 5.17. The topological polar surface area (TPSA) is 0 Å². The van der Waals surface area contributed by atoms with Gasteiger partial charge >= 0.3 is 0 Å². The Bertz CT molecular complexity index is 192. The van der Waals surface area contributed by atoms with E-state index in [2.05, 4.69) is 24.6 Å². The van der Waals surface area contributed by atoms with Crippen LogP contribution in [0, 0.1) is 12.3 Å². The quantitative estimate of drug-likeness (QED) is 0.550. The minimum atomic E-state index is 0.892. The van der Waals surface area contributed by atoms with Gasteiger partial charge in [0.15, 0.2) is 0 Å². The van der Waals surface area contributed by atoms with E-state index in [-0.39, 0.29) is 0 Å². The van der Waals surface area contributed by atoms with Crippen LogP contribution in [0.25, 0.3) is 0 Å². The van der Waals surface area contributed by atoms with Crippen LogP contribution in [-0.4, -0.2) is 0 Å². The van der Waals surface area contributed by atoms with Crippen LogP contribution in [0.4, 0.5) is 0 Å². The van der Waals surface area contributed by atoms with Crippen LogP contribution in [0.5, 0.6) is 0 Å². The Labute approximate surface area is 75.4 Å². The first-order valence-electron chi connectivity index (χ1n) is 5.17. The largest absolute Gasteiger partial charge is 0.0839 e. The molecule has 0 aliphatic heterocycles. The molecule has 0 amide bonds. The molecule has 1 fully saturated rings. The fraction of sp³-hybridized carbons (Fsp3) is 0.583. The molecule has 0 heterocycles. The molecule has 0 aromatic heterocycles. The van der Waals surface area contributed by atoms with Crippen LogP contribution in [0.2, 0.25) is 0 Å². The minimum absolute atomic E-state index is 0.892. The van der Waals surface area contributed by atoms with Crippen LogP contribution < -0.4 is 0 Å². The Morgan fingerprint density at radius 1 is 1.08 bits per heavy atom. The molecule has 0 nitrogen and oxygen atoms in total. The summed E-state index contributed by atoms with van der Waals surface area (Å²) in [6, 6.07) is 0. The van der Waals surface area contributed by atoms with Crippen molar-refractivity contribution in [2.75, 3.05) is 0 Å². The van der Waals surface area contributed by atoms with Crippen molar-refractivity contribution in [3.05, 3.63) is 30.2 Å². The monoisotopic (exact) mass is 161 g/mol. The lowest BCUT2D eigenvalue weighted by Crippen LogP contribution is -2.10. The molecule has 0 unspecified atom stereocenters. The zero-order chi connectivity index (χ0) is 8.23. The van der Waals surface area contributed by atoms with Crippen molar-refractivity contribution >= 4 is 0 Å². The molecule has 0 saturated heterocycles. The summed E-state index contributed by atoms with van der Waals surface area (Å²) >= 11 is 0. The van der Waals surface area contributed by atoms with Gasteiger partial charge in [-0.15, -0.1) is 0 Å². The van der Waals surface area contributed by atoms with Gasteiger partial charge < -0.3 is 0 Å². The zero-order valence-electron chi connectivity index (χ0n) is 7.63. The smallest absolute Gasteiger partial charge is 0.00938 e. The van der Waals surface area contributed by atoms with Crippen LogP contribution in [0.15, 0.2) is 23.8 Å². The lowest BCUT2D eigenvalue weighted by Gasteiger charge is -2.25. The van der Waals surface area contributed by atoms with Gasteiger partial charge in [0, 0.05) is 0 Å². The maximum Gasteiger partial charge on any atom is -0.00938 e. The van der Waals surface area contributed by atoms with E-state index >= 15 is 0 Å². The SMILES string of the molecule is [CH]1CC=CC=C1C1CCCCC1. The predicted octanol–water partition coefficient (Wildman–Crippen LogP) is 3.66. The fourth-order valence-corrected chi connectivity index (χ4v) is 2.27. The van der Waals surface area contributed by atoms with Crippen molar-refractivity contribution < 1.29 is 0 Å². The van der Waals surface area contributed by atoms with Crippen LogP contribution in [0.3, 0.4) is 0 Å². The molecule has 0 bridgehead atoms. The Kier molecular flexibility index (Phi) is 2.65. The summed E-state index contributed by atoms with van der Waals surface area (Å²) in [5.74, 6) is 0.892. The Hall–Kier alpha value is -0.520. The summed E-state index contributed by atoms with van der Waals surface area (Å²) in [5.41, 5.74) is 1.61. The molecule has 2 aliphatic carbocycles. The molecule has 12 heavy (non-hydrogen) atoms. The summed E-state index contributed by atoms with van der Waals surface area (Å²) in [5, 5.41) is 0. The van der Waals surface area contributed by atoms with E-state index in [4.69, 9.17) is 0 Å². The second-order valence-corrected chi connectivity index (χ2v) is 3.87. The normalized spacial score (nSPS) is 25.5. The highest BCUT2D eigenvalue weighted by Gasteiger charge is 2.17. The maximum atomic E-state index is 2.40. The van der Waals surface area contributed by atoms with Gasteiger partial charge in [-0.1, -0.05) is 43.1 Å². The maximum absolute atomic E-state index is 2.40. The standard InChI is InChI=1S/C12H17/c1-3-7-11(8-4-1)12-9-5-2-6-10-12/h1,3,7-8,12H,2,4-6,9-10H2. The summed E-state index contributed by atoms with van der Waals surface area (Å²) < 4.78 is 0. The molecule has 1 saturated carbocycles. The van der Waals surface area contributed by atoms with Crippen molar-refractivity contribution in [2.24, 2.45) is 5.92 Å². The first kappa shape index (κ1) is 8.10. The average molecular weight is 161 g/mol. The average Bonchev–Trinajstić information content (AvgIpc) is 2.21. The van der Waals surface area contributed by atoms with Crippen molar-refractivity contribution in [3.8, 4) is 0 Å². The van der Waals surface area contributed by atoms with Gasteiger partial charge in [-0.2, -0.15) is 0 Å². The molecule has 0 N–H and O–H groups in total.